The molecule has 1 N–H and O–H groups in total. The lowest BCUT2D eigenvalue weighted by atomic mass is 9.96. The van der Waals surface area contributed by atoms with Crippen molar-refractivity contribution < 1.29 is 9.90 Å². The minimum atomic E-state index is -0.858. The van der Waals surface area contributed by atoms with Crippen molar-refractivity contribution in [3.8, 4) is 0 Å². The molecule has 0 bridgehead atoms. The number of aliphatic carboxylic acids is 1. The van der Waals surface area contributed by atoms with Gasteiger partial charge in [0.2, 0.25) is 0 Å². The molecule has 1 heterocycles. The fourth-order valence-electron chi connectivity index (χ4n) is 3.31. The van der Waals surface area contributed by atoms with Crippen molar-refractivity contribution in [3.05, 3.63) is 84.7 Å². The van der Waals surface area contributed by atoms with E-state index in [1.807, 2.05) is 49.4 Å². The van der Waals surface area contributed by atoms with E-state index in [4.69, 9.17) is 0 Å². The van der Waals surface area contributed by atoms with E-state index in [2.05, 4.69) is 31.9 Å². The lowest BCUT2D eigenvalue weighted by Gasteiger charge is -2.18. The number of aryl methyl sites for hydroxylation is 1. The number of rotatable bonds is 6. The molecule has 0 aliphatic rings. The zero-order chi connectivity index (χ0) is 20.3. The van der Waals surface area contributed by atoms with Gasteiger partial charge in [0.25, 0.3) is 5.56 Å². The lowest BCUT2D eigenvalue weighted by molar-refractivity contribution is -0.136. The average molecular weight is 505 g/mol. The molecule has 0 saturated carbocycles. The maximum atomic E-state index is 13.2. The van der Waals surface area contributed by atoms with Gasteiger partial charge in [0.15, 0.2) is 0 Å². The van der Waals surface area contributed by atoms with E-state index in [1.165, 1.54) is 0 Å². The van der Waals surface area contributed by atoms with Crippen LogP contribution >= 0.6 is 31.9 Å². The molecule has 6 heteroatoms. The van der Waals surface area contributed by atoms with Crippen LogP contribution in [0, 0.1) is 0 Å². The summed E-state index contributed by atoms with van der Waals surface area (Å²) in [5, 5.41) is 10.6. The Hall–Kier alpha value is -2.18. The van der Waals surface area contributed by atoms with Crippen molar-refractivity contribution in [1.29, 1.82) is 0 Å². The number of carbonyl (C=O) groups is 1. The summed E-state index contributed by atoms with van der Waals surface area (Å²) in [6.45, 7) is 1.86. The molecular formula is C22H19Br2NO3. The first-order chi connectivity index (χ1) is 13.4. The predicted molar refractivity (Wildman–Crippen MR) is 120 cm³/mol. The van der Waals surface area contributed by atoms with Crippen molar-refractivity contribution in [3.63, 3.8) is 0 Å². The van der Waals surface area contributed by atoms with E-state index >= 15 is 0 Å². The Labute approximate surface area is 179 Å². The van der Waals surface area contributed by atoms with E-state index in [1.54, 1.807) is 16.8 Å². The Bertz CT molecular complexity index is 1120. The van der Waals surface area contributed by atoms with Crippen LogP contribution in [0.3, 0.4) is 0 Å². The van der Waals surface area contributed by atoms with Crippen LogP contribution in [0.4, 0.5) is 0 Å². The fraction of sp³-hybridized carbons (Fsp3) is 0.182. The van der Waals surface area contributed by atoms with Gasteiger partial charge in [0.1, 0.15) is 0 Å². The number of hydrogen-bond acceptors (Lipinski definition) is 2. The van der Waals surface area contributed by atoms with Crippen LogP contribution in [0.25, 0.3) is 17.0 Å². The number of halogens is 2. The van der Waals surface area contributed by atoms with Gasteiger partial charge in [-0.05, 0) is 54.1 Å². The molecule has 144 valence electrons. The molecule has 3 aromatic rings. The molecule has 0 aliphatic carbocycles. The van der Waals surface area contributed by atoms with E-state index in [-0.39, 0.29) is 12.0 Å². The number of carboxylic acid groups (broad SMARTS) is 1. The molecular weight excluding hydrogens is 486 g/mol. The van der Waals surface area contributed by atoms with Crippen molar-refractivity contribution in [1.82, 2.24) is 4.57 Å². The number of carboxylic acids is 1. The van der Waals surface area contributed by atoms with Gasteiger partial charge < -0.3 is 5.11 Å². The van der Waals surface area contributed by atoms with Crippen LogP contribution in [0.2, 0.25) is 0 Å². The molecule has 28 heavy (non-hydrogen) atoms. The average Bonchev–Trinajstić information content (AvgIpc) is 2.66. The summed E-state index contributed by atoms with van der Waals surface area (Å²) in [6, 6.07) is 13.5. The number of nitrogens with zero attached hydrogens (tertiary/aromatic N) is 1. The third-order valence-electron chi connectivity index (χ3n) is 4.57. The Morgan fingerprint density at radius 1 is 1.07 bits per heavy atom. The van der Waals surface area contributed by atoms with E-state index in [9.17, 15) is 14.7 Å². The van der Waals surface area contributed by atoms with Crippen LogP contribution < -0.4 is 5.56 Å². The van der Waals surface area contributed by atoms with Gasteiger partial charge in [0, 0.05) is 39.1 Å². The Balaban J connectivity index is 2.30. The van der Waals surface area contributed by atoms with Crippen LogP contribution in [0.5, 0.6) is 0 Å². The van der Waals surface area contributed by atoms with Gasteiger partial charge in [-0.25, -0.2) is 0 Å². The molecule has 0 spiro atoms. The van der Waals surface area contributed by atoms with Crippen LogP contribution in [0.15, 0.2) is 62.3 Å². The monoisotopic (exact) mass is 503 g/mol. The van der Waals surface area contributed by atoms with Gasteiger partial charge in [-0.2, -0.15) is 0 Å². The summed E-state index contributed by atoms with van der Waals surface area (Å²) in [6.07, 6.45) is 4.47. The van der Waals surface area contributed by atoms with Crippen LogP contribution in [-0.2, 0) is 17.6 Å². The zero-order valence-corrected chi connectivity index (χ0v) is 18.5. The second kappa shape index (κ2) is 8.88. The van der Waals surface area contributed by atoms with Crippen molar-refractivity contribution in [2.24, 2.45) is 0 Å². The number of aromatic nitrogens is 1. The largest absolute Gasteiger partial charge is 0.481 e. The maximum Gasteiger partial charge on any atom is 0.303 e. The second-order valence-electron chi connectivity index (χ2n) is 6.47. The number of hydrogen-bond donors (Lipinski definition) is 1. The number of allylic oxidation sites excluding steroid dienone is 1. The summed E-state index contributed by atoms with van der Waals surface area (Å²) >= 11 is 6.87. The Morgan fingerprint density at radius 3 is 2.39 bits per heavy atom. The Morgan fingerprint density at radius 2 is 1.75 bits per heavy atom. The summed E-state index contributed by atoms with van der Waals surface area (Å²) in [5.74, 6) is -0.858. The Kier molecular flexibility index (Phi) is 6.52. The highest BCUT2D eigenvalue weighted by Gasteiger charge is 2.17. The van der Waals surface area contributed by atoms with Gasteiger partial charge in [-0.1, -0.05) is 56.1 Å². The summed E-state index contributed by atoms with van der Waals surface area (Å²) in [5.41, 5.74) is 2.65. The molecule has 0 atom stereocenters. The normalized spacial score (nSPS) is 11.4. The number of pyridine rings is 1. The van der Waals surface area contributed by atoms with E-state index < -0.39 is 5.97 Å². The molecule has 0 radical (unpaired) electrons. The first-order valence-corrected chi connectivity index (χ1v) is 10.4. The van der Waals surface area contributed by atoms with E-state index in [0.717, 1.165) is 31.2 Å². The quantitative estimate of drug-likeness (QED) is 0.473. The predicted octanol–water partition coefficient (Wildman–Crippen LogP) is 5.63. The molecule has 2 aromatic carbocycles. The first-order valence-electron chi connectivity index (χ1n) is 8.85. The third-order valence-corrected chi connectivity index (χ3v) is 5.59. The highest BCUT2D eigenvalue weighted by Crippen LogP contribution is 2.27. The first kappa shape index (κ1) is 20.6. The van der Waals surface area contributed by atoms with Crippen LogP contribution in [0.1, 0.15) is 30.2 Å². The molecule has 0 aliphatic heterocycles. The fourth-order valence-corrected chi connectivity index (χ4v) is 3.94. The number of fused-ring (bicyclic) bond motifs is 1. The zero-order valence-electron chi connectivity index (χ0n) is 15.3. The molecule has 0 fully saturated rings. The summed E-state index contributed by atoms with van der Waals surface area (Å²) in [7, 11) is 0. The standard InChI is InChI=1S/C22H19Br2NO3/c1-2-11-25-20(12-14-3-5-15(23)6-4-14)18(9-10-21(26)27)17-8-7-16(24)13-19(17)22(25)28/h2-8,11,13H,9-10,12H2,1H3,(H,26,27). The van der Waals surface area contributed by atoms with E-state index in [0.29, 0.717) is 18.2 Å². The molecule has 3 rings (SSSR count). The highest BCUT2D eigenvalue weighted by molar-refractivity contribution is 9.10. The SMILES string of the molecule is CC=Cn1c(Cc2ccc(Br)cc2)c(CCC(=O)O)c2ccc(Br)cc2c1=O. The van der Waals surface area contributed by atoms with Gasteiger partial charge in [-0.3, -0.25) is 14.2 Å². The van der Waals surface area contributed by atoms with Crippen molar-refractivity contribution in [2.75, 3.05) is 0 Å². The van der Waals surface area contributed by atoms with Gasteiger partial charge >= 0.3 is 5.97 Å². The molecule has 0 amide bonds. The second-order valence-corrected chi connectivity index (χ2v) is 8.30. The van der Waals surface area contributed by atoms with Crippen LogP contribution in [-0.4, -0.2) is 15.6 Å². The maximum absolute atomic E-state index is 13.2. The third kappa shape index (κ3) is 4.45. The highest BCUT2D eigenvalue weighted by atomic mass is 79.9. The summed E-state index contributed by atoms with van der Waals surface area (Å²) in [4.78, 5) is 24.4. The molecule has 1 aromatic heterocycles. The smallest absolute Gasteiger partial charge is 0.303 e. The minimum absolute atomic E-state index is 0.00649. The van der Waals surface area contributed by atoms with Gasteiger partial charge in [0.05, 0.1) is 0 Å². The summed E-state index contributed by atoms with van der Waals surface area (Å²) < 4.78 is 3.44. The lowest BCUT2D eigenvalue weighted by Crippen LogP contribution is -2.23. The number of benzene rings is 2. The topological polar surface area (TPSA) is 59.3 Å². The van der Waals surface area contributed by atoms with Crippen molar-refractivity contribution >= 4 is 54.8 Å². The van der Waals surface area contributed by atoms with Crippen molar-refractivity contribution in [2.45, 2.75) is 26.2 Å². The minimum Gasteiger partial charge on any atom is -0.481 e. The van der Waals surface area contributed by atoms with Gasteiger partial charge in [-0.15, -0.1) is 0 Å². The molecule has 0 saturated heterocycles. The molecule has 4 nitrogen and oxygen atoms in total. The molecule has 0 unspecified atom stereocenters.